The average Bonchev–Trinajstić information content (AvgIpc) is 2.48. The smallest absolute Gasteiger partial charge is 0.0231 e. The van der Waals surface area contributed by atoms with E-state index in [0.717, 1.165) is 6.54 Å². The fourth-order valence-electron chi connectivity index (χ4n) is 2.46. The van der Waals surface area contributed by atoms with Gasteiger partial charge in [0.1, 0.15) is 0 Å². The molecule has 1 aliphatic heterocycles. The molecule has 1 aliphatic rings. The van der Waals surface area contributed by atoms with Crippen LogP contribution >= 0.6 is 11.8 Å². The minimum Gasteiger partial charge on any atom is -0.329 e. The summed E-state index contributed by atoms with van der Waals surface area (Å²) in [6.45, 7) is 6.75. The van der Waals surface area contributed by atoms with Crippen LogP contribution in [0.15, 0.2) is 0 Å². The lowest BCUT2D eigenvalue weighted by atomic mass is 10.00. The van der Waals surface area contributed by atoms with Crippen molar-refractivity contribution in [2.45, 2.75) is 44.7 Å². The van der Waals surface area contributed by atoms with E-state index < -0.39 is 0 Å². The standard InChI is InChI=1S/C11H24N2S/c1-11(2)6-4-7-13(11)10(9-12)5-8-14-3/h10H,4-9,12H2,1-3H3. The van der Waals surface area contributed by atoms with E-state index >= 15 is 0 Å². The number of nitrogens with zero attached hydrogens (tertiary/aromatic N) is 1. The van der Waals surface area contributed by atoms with E-state index in [9.17, 15) is 0 Å². The van der Waals surface area contributed by atoms with Gasteiger partial charge in [0.25, 0.3) is 0 Å². The molecule has 0 aromatic heterocycles. The van der Waals surface area contributed by atoms with Gasteiger partial charge in [0.2, 0.25) is 0 Å². The van der Waals surface area contributed by atoms with Crippen molar-refractivity contribution in [2.24, 2.45) is 5.73 Å². The van der Waals surface area contributed by atoms with Crippen molar-refractivity contribution in [3.63, 3.8) is 0 Å². The van der Waals surface area contributed by atoms with E-state index in [1.807, 2.05) is 11.8 Å². The highest BCUT2D eigenvalue weighted by atomic mass is 32.2. The van der Waals surface area contributed by atoms with Gasteiger partial charge in [0, 0.05) is 18.1 Å². The van der Waals surface area contributed by atoms with E-state index in [0.29, 0.717) is 11.6 Å². The quantitative estimate of drug-likeness (QED) is 0.761. The Hall–Kier alpha value is 0.270. The molecule has 0 aliphatic carbocycles. The van der Waals surface area contributed by atoms with Crippen molar-refractivity contribution in [1.82, 2.24) is 4.90 Å². The van der Waals surface area contributed by atoms with Crippen molar-refractivity contribution in [2.75, 3.05) is 25.1 Å². The van der Waals surface area contributed by atoms with Crippen LogP contribution in [0.4, 0.5) is 0 Å². The molecular weight excluding hydrogens is 192 g/mol. The molecule has 0 saturated carbocycles. The molecule has 0 radical (unpaired) electrons. The fourth-order valence-corrected chi connectivity index (χ4v) is 2.97. The molecule has 3 heteroatoms. The number of likely N-dealkylation sites (tertiary alicyclic amines) is 1. The molecule has 1 fully saturated rings. The summed E-state index contributed by atoms with van der Waals surface area (Å²) in [7, 11) is 0. The zero-order chi connectivity index (χ0) is 10.6. The number of nitrogens with two attached hydrogens (primary N) is 1. The summed E-state index contributed by atoms with van der Waals surface area (Å²) in [5.41, 5.74) is 6.24. The summed E-state index contributed by atoms with van der Waals surface area (Å²) in [5, 5.41) is 0. The molecule has 84 valence electrons. The summed E-state index contributed by atoms with van der Waals surface area (Å²) in [6, 6.07) is 0.597. The van der Waals surface area contributed by atoms with Gasteiger partial charge in [0.05, 0.1) is 0 Å². The minimum absolute atomic E-state index is 0.377. The molecule has 1 unspecified atom stereocenters. The van der Waals surface area contributed by atoms with Crippen molar-refractivity contribution in [3.05, 3.63) is 0 Å². The molecule has 0 aromatic rings. The third-order valence-corrected chi connectivity index (χ3v) is 3.98. The highest BCUT2D eigenvalue weighted by Gasteiger charge is 2.35. The Bertz CT molecular complexity index is 171. The van der Waals surface area contributed by atoms with Crippen LogP contribution in [0.2, 0.25) is 0 Å². The lowest BCUT2D eigenvalue weighted by Crippen LogP contribution is -2.48. The maximum atomic E-state index is 5.86. The Morgan fingerprint density at radius 2 is 2.21 bits per heavy atom. The van der Waals surface area contributed by atoms with E-state index in [-0.39, 0.29) is 0 Å². The number of hydrogen-bond acceptors (Lipinski definition) is 3. The normalized spacial score (nSPS) is 24.0. The second kappa shape index (κ2) is 5.38. The summed E-state index contributed by atoms with van der Waals surface area (Å²) in [6.07, 6.45) is 6.06. The van der Waals surface area contributed by atoms with Crippen LogP contribution in [0.25, 0.3) is 0 Å². The SMILES string of the molecule is CSCCC(CN)N1CCCC1(C)C. The van der Waals surface area contributed by atoms with Gasteiger partial charge in [-0.25, -0.2) is 0 Å². The lowest BCUT2D eigenvalue weighted by Gasteiger charge is -2.38. The molecule has 2 nitrogen and oxygen atoms in total. The van der Waals surface area contributed by atoms with E-state index in [1.54, 1.807) is 0 Å². The molecule has 1 saturated heterocycles. The maximum Gasteiger partial charge on any atom is 0.0231 e. The van der Waals surface area contributed by atoms with Gasteiger partial charge >= 0.3 is 0 Å². The van der Waals surface area contributed by atoms with E-state index in [1.165, 1.54) is 31.6 Å². The van der Waals surface area contributed by atoms with Gasteiger partial charge in [-0.1, -0.05) is 0 Å². The van der Waals surface area contributed by atoms with Crippen molar-refractivity contribution >= 4 is 11.8 Å². The highest BCUT2D eigenvalue weighted by molar-refractivity contribution is 7.98. The van der Waals surface area contributed by atoms with Crippen LogP contribution in [0.1, 0.15) is 33.1 Å². The summed E-state index contributed by atoms with van der Waals surface area (Å²) in [4.78, 5) is 2.61. The van der Waals surface area contributed by atoms with Crippen molar-refractivity contribution < 1.29 is 0 Å². The Morgan fingerprint density at radius 3 is 2.64 bits per heavy atom. The lowest BCUT2D eigenvalue weighted by molar-refractivity contribution is 0.117. The Labute approximate surface area is 92.6 Å². The van der Waals surface area contributed by atoms with Gasteiger partial charge in [-0.2, -0.15) is 11.8 Å². The minimum atomic E-state index is 0.377. The van der Waals surface area contributed by atoms with Gasteiger partial charge in [-0.3, -0.25) is 4.90 Å². The third kappa shape index (κ3) is 2.88. The van der Waals surface area contributed by atoms with Gasteiger partial charge < -0.3 is 5.73 Å². The molecule has 0 bridgehead atoms. The molecule has 1 atom stereocenters. The van der Waals surface area contributed by atoms with Gasteiger partial charge in [-0.05, 0) is 51.7 Å². The van der Waals surface area contributed by atoms with Crippen LogP contribution in [-0.2, 0) is 0 Å². The fraction of sp³-hybridized carbons (Fsp3) is 1.00. The molecule has 0 spiro atoms. The van der Waals surface area contributed by atoms with E-state index in [2.05, 4.69) is 25.0 Å². The first-order valence-electron chi connectivity index (χ1n) is 5.57. The largest absolute Gasteiger partial charge is 0.329 e. The number of rotatable bonds is 5. The predicted octanol–water partition coefficient (Wildman–Crippen LogP) is 1.94. The highest BCUT2D eigenvalue weighted by Crippen LogP contribution is 2.31. The number of thioether (sulfide) groups is 1. The molecule has 14 heavy (non-hydrogen) atoms. The van der Waals surface area contributed by atoms with Crippen LogP contribution in [-0.4, -0.2) is 41.6 Å². The molecule has 0 aromatic carbocycles. The van der Waals surface area contributed by atoms with Gasteiger partial charge in [-0.15, -0.1) is 0 Å². The van der Waals surface area contributed by atoms with Gasteiger partial charge in [0.15, 0.2) is 0 Å². The first-order chi connectivity index (χ1) is 6.61. The summed E-state index contributed by atoms with van der Waals surface area (Å²) < 4.78 is 0. The first-order valence-corrected chi connectivity index (χ1v) is 6.97. The Kier molecular flexibility index (Phi) is 4.74. The Morgan fingerprint density at radius 1 is 1.50 bits per heavy atom. The average molecular weight is 216 g/mol. The second-order valence-electron chi connectivity index (χ2n) is 4.78. The zero-order valence-corrected chi connectivity index (χ0v) is 10.6. The van der Waals surface area contributed by atoms with Crippen LogP contribution < -0.4 is 5.73 Å². The molecular formula is C11H24N2S. The maximum absolute atomic E-state index is 5.86. The third-order valence-electron chi connectivity index (χ3n) is 3.33. The van der Waals surface area contributed by atoms with Crippen LogP contribution in [0.5, 0.6) is 0 Å². The monoisotopic (exact) mass is 216 g/mol. The van der Waals surface area contributed by atoms with Crippen LogP contribution in [0.3, 0.4) is 0 Å². The second-order valence-corrected chi connectivity index (χ2v) is 5.77. The number of hydrogen-bond donors (Lipinski definition) is 1. The van der Waals surface area contributed by atoms with Crippen molar-refractivity contribution in [3.8, 4) is 0 Å². The zero-order valence-electron chi connectivity index (χ0n) is 9.75. The van der Waals surface area contributed by atoms with Crippen LogP contribution in [0, 0.1) is 0 Å². The van der Waals surface area contributed by atoms with E-state index in [4.69, 9.17) is 5.73 Å². The predicted molar refractivity (Wildman–Crippen MR) is 65.9 cm³/mol. The molecule has 2 N–H and O–H groups in total. The molecule has 1 rings (SSSR count). The summed E-state index contributed by atoms with van der Waals surface area (Å²) in [5.74, 6) is 1.23. The summed E-state index contributed by atoms with van der Waals surface area (Å²) >= 11 is 1.92. The Balaban J connectivity index is 2.50. The molecule has 1 heterocycles. The first kappa shape index (κ1) is 12.3. The van der Waals surface area contributed by atoms with Crippen molar-refractivity contribution in [1.29, 1.82) is 0 Å². The topological polar surface area (TPSA) is 29.3 Å². The molecule has 0 amide bonds.